The maximum Gasteiger partial charge on any atom is 0.190 e. The Bertz CT molecular complexity index is 501. The molecule has 2 atom stereocenters. The largest absolute Gasteiger partial charge is 0.356 e. The summed E-state index contributed by atoms with van der Waals surface area (Å²) in [5.74, 6) is 2.34. The lowest BCUT2D eigenvalue weighted by atomic mass is 10.1. The molecule has 0 spiro atoms. The Balaban J connectivity index is 0.00000208. The van der Waals surface area contributed by atoms with Crippen molar-refractivity contribution in [3.05, 3.63) is 22.4 Å². The summed E-state index contributed by atoms with van der Waals surface area (Å²) in [6, 6.07) is 5.27. The smallest absolute Gasteiger partial charge is 0.190 e. The van der Waals surface area contributed by atoms with Crippen molar-refractivity contribution >= 4 is 41.3 Å². The van der Waals surface area contributed by atoms with Gasteiger partial charge in [-0.1, -0.05) is 13.0 Å². The average Bonchev–Trinajstić information content (AvgIpc) is 3.08. The Kier molecular flexibility index (Phi) is 8.30. The van der Waals surface area contributed by atoms with Crippen LogP contribution in [-0.4, -0.2) is 50.1 Å². The molecule has 2 N–H and O–H groups in total. The van der Waals surface area contributed by atoms with Crippen LogP contribution in [0.1, 0.15) is 31.1 Å². The Morgan fingerprint density at radius 3 is 2.88 bits per heavy atom. The van der Waals surface area contributed by atoms with Crippen molar-refractivity contribution in [1.82, 2.24) is 15.5 Å². The normalized spacial score (nSPS) is 22.9. The Labute approximate surface area is 167 Å². The summed E-state index contributed by atoms with van der Waals surface area (Å²) in [4.78, 5) is 8.51. The number of hydrogen-bond donors (Lipinski definition) is 2. The zero-order valence-corrected chi connectivity index (χ0v) is 18.0. The molecule has 136 valence electrons. The maximum atomic E-state index is 4.37. The molecule has 1 aliphatic carbocycles. The molecule has 2 fully saturated rings. The number of hydrogen-bond acceptors (Lipinski definition) is 3. The second-order valence-corrected chi connectivity index (χ2v) is 8.14. The SMILES string of the molecule is CN=C(NCC(C)Cc1cccs1)NCC1CCN(C2CC2)C1.I. The van der Waals surface area contributed by atoms with E-state index in [2.05, 4.69) is 45.0 Å². The van der Waals surface area contributed by atoms with Gasteiger partial charge in [-0.25, -0.2) is 0 Å². The molecular formula is C18H31IN4S. The van der Waals surface area contributed by atoms with E-state index in [1.165, 1.54) is 37.2 Å². The second kappa shape index (κ2) is 9.97. The molecule has 2 heterocycles. The van der Waals surface area contributed by atoms with Gasteiger partial charge in [-0.15, -0.1) is 35.3 Å². The monoisotopic (exact) mass is 462 g/mol. The fourth-order valence-electron chi connectivity index (χ4n) is 3.38. The third kappa shape index (κ3) is 6.19. The molecule has 1 aromatic rings. The minimum atomic E-state index is 0. The number of likely N-dealkylation sites (tertiary alicyclic amines) is 1. The molecule has 0 bridgehead atoms. The number of halogens is 1. The van der Waals surface area contributed by atoms with Crippen molar-refractivity contribution < 1.29 is 0 Å². The van der Waals surface area contributed by atoms with Crippen LogP contribution >= 0.6 is 35.3 Å². The van der Waals surface area contributed by atoms with Gasteiger partial charge in [0.25, 0.3) is 0 Å². The van der Waals surface area contributed by atoms with Crippen molar-refractivity contribution in [3.8, 4) is 0 Å². The highest BCUT2D eigenvalue weighted by Crippen LogP contribution is 2.31. The topological polar surface area (TPSA) is 39.7 Å². The molecule has 1 saturated carbocycles. The summed E-state index contributed by atoms with van der Waals surface area (Å²) in [7, 11) is 1.87. The van der Waals surface area contributed by atoms with Crippen LogP contribution in [0.3, 0.4) is 0 Å². The summed E-state index contributed by atoms with van der Waals surface area (Å²) in [5.41, 5.74) is 0. The molecule has 1 saturated heterocycles. The quantitative estimate of drug-likeness (QED) is 0.372. The summed E-state index contributed by atoms with van der Waals surface area (Å²) in [6.07, 6.45) is 5.31. The van der Waals surface area contributed by atoms with Gasteiger partial charge in [0.2, 0.25) is 0 Å². The molecular weight excluding hydrogens is 431 g/mol. The van der Waals surface area contributed by atoms with E-state index >= 15 is 0 Å². The minimum Gasteiger partial charge on any atom is -0.356 e. The van der Waals surface area contributed by atoms with Crippen LogP contribution in [0.15, 0.2) is 22.5 Å². The predicted octanol–water partition coefficient (Wildman–Crippen LogP) is 3.19. The van der Waals surface area contributed by atoms with Gasteiger partial charge in [-0.3, -0.25) is 4.99 Å². The van der Waals surface area contributed by atoms with Gasteiger partial charge in [0.05, 0.1) is 0 Å². The van der Waals surface area contributed by atoms with E-state index in [9.17, 15) is 0 Å². The number of nitrogens with one attached hydrogen (secondary N) is 2. The Morgan fingerprint density at radius 2 is 2.21 bits per heavy atom. The molecule has 0 amide bonds. The molecule has 2 aliphatic rings. The van der Waals surface area contributed by atoms with Crippen LogP contribution in [0.4, 0.5) is 0 Å². The zero-order chi connectivity index (χ0) is 16.1. The van der Waals surface area contributed by atoms with Gasteiger partial charge in [-0.05, 0) is 55.5 Å². The Hall–Kier alpha value is -0.340. The molecule has 3 rings (SSSR count). The highest BCUT2D eigenvalue weighted by atomic mass is 127. The van der Waals surface area contributed by atoms with Crippen molar-refractivity contribution in [2.75, 3.05) is 33.2 Å². The third-order valence-electron chi connectivity index (χ3n) is 4.91. The van der Waals surface area contributed by atoms with E-state index in [0.29, 0.717) is 5.92 Å². The molecule has 6 heteroatoms. The highest BCUT2D eigenvalue weighted by molar-refractivity contribution is 14.0. The van der Waals surface area contributed by atoms with Gasteiger partial charge in [0.15, 0.2) is 5.96 Å². The van der Waals surface area contributed by atoms with Crippen LogP contribution in [0.2, 0.25) is 0 Å². The highest BCUT2D eigenvalue weighted by Gasteiger charge is 2.34. The van der Waals surface area contributed by atoms with E-state index in [0.717, 1.165) is 37.4 Å². The molecule has 0 aromatic carbocycles. The lowest BCUT2D eigenvalue weighted by Gasteiger charge is -2.18. The summed E-state index contributed by atoms with van der Waals surface area (Å²) in [6.45, 7) is 6.87. The van der Waals surface area contributed by atoms with Gasteiger partial charge >= 0.3 is 0 Å². The van der Waals surface area contributed by atoms with Crippen molar-refractivity contribution in [3.63, 3.8) is 0 Å². The van der Waals surface area contributed by atoms with E-state index < -0.39 is 0 Å². The molecule has 1 aliphatic heterocycles. The molecule has 2 unspecified atom stereocenters. The summed E-state index contributed by atoms with van der Waals surface area (Å²) < 4.78 is 0. The third-order valence-corrected chi connectivity index (χ3v) is 5.81. The van der Waals surface area contributed by atoms with E-state index in [1.807, 2.05) is 18.4 Å². The Morgan fingerprint density at radius 1 is 1.38 bits per heavy atom. The van der Waals surface area contributed by atoms with Gasteiger partial charge < -0.3 is 15.5 Å². The maximum absolute atomic E-state index is 4.37. The standard InChI is InChI=1S/C18H30N4S.HI/c1-14(10-17-4-3-9-23-17)11-20-18(19-2)21-12-15-7-8-22(13-15)16-5-6-16;/h3-4,9,14-16H,5-8,10-13H2,1-2H3,(H2,19,20,21);1H. The van der Waals surface area contributed by atoms with Crippen LogP contribution < -0.4 is 10.6 Å². The minimum absolute atomic E-state index is 0. The predicted molar refractivity (Wildman–Crippen MR) is 115 cm³/mol. The van der Waals surface area contributed by atoms with Crippen molar-refractivity contribution in [1.29, 1.82) is 0 Å². The van der Waals surface area contributed by atoms with E-state index in [1.54, 1.807) is 0 Å². The van der Waals surface area contributed by atoms with Crippen LogP contribution in [0.25, 0.3) is 0 Å². The van der Waals surface area contributed by atoms with Gasteiger partial charge in [-0.2, -0.15) is 0 Å². The van der Waals surface area contributed by atoms with E-state index in [4.69, 9.17) is 0 Å². The first-order chi connectivity index (χ1) is 11.2. The summed E-state index contributed by atoms with van der Waals surface area (Å²) in [5, 5.41) is 9.16. The first-order valence-corrected chi connectivity index (χ1v) is 9.83. The first-order valence-electron chi connectivity index (χ1n) is 8.95. The lowest BCUT2D eigenvalue weighted by Crippen LogP contribution is -2.42. The van der Waals surface area contributed by atoms with Crippen LogP contribution in [0, 0.1) is 11.8 Å². The van der Waals surface area contributed by atoms with Crippen molar-refractivity contribution in [2.24, 2.45) is 16.8 Å². The van der Waals surface area contributed by atoms with Crippen LogP contribution in [0.5, 0.6) is 0 Å². The number of rotatable bonds is 7. The average molecular weight is 462 g/mol. The zero-order valence-electron chi connectivity index (χ0n) is 14.8. The van der Waals surface area contributed by atoms with Crippen molar-refractivity contribution in [2.45, 2.75) is 38.6 Å². The second-order valence-electron chi connectivity index (χ2n) is 7.10. The number of guanidine groups is 1. The van der Waals surface area contributed by atoms with Gasteiger partial charge in [0.1, 0.15) is 0 Å². The molecule has 24 heavy (non-hydrogen) atoms. The fourth-order valence-corrected chi connectivity index (χ4v) is 4.25. The summed E-state index contributed by atoms with van der Waals surface area (Å²) >= 11 is 1.85. The fraction of sp³-hybridized carbons (Fsp3) is 0.722. The molecule has 1 aromatic heterocycles. The van der Waals surface area contributed by atoms with Gasteiger partial charge in [0, 0.05) is 37.6 Å². The number of aliphatic imine (C=N–C) groups is 1. The van der Waals surface area contributed by atoms with Crippen LogP contribution in [-0.2, 0) is 6.42 Å². The number of nitrogens with zero attached hydrogens (tertiary/aromatic N) is 2. The molecule has 0 radical (unpaired) electrons. The molecule has 4 nitrogen and oxygen atoms in total. The lowest BCUT2D eigenvalue weighted by molar-refractivity contribution is 0.314. The van der Waals surface area contributed by atoms with E-state index in [-0.39, 0.29) is 24.0 Å². The number of thiophene rings is 1. The first kappa shape index (κ1) is 20.0.